The van der Waals surface area contributed by atoms with Crippen LogP contribution in [0.1, 0.15) is 32.6 Å². The molecule has 1 aliphatic carbocycles. The minimum absolute atomic E-state index is 0.0680. The number of aliphatic hydroxyl groups excluding tert-OH is 1. The summed E-state index contributed by atoms with van der Waals surface area (Å²) >= 11 is 0. The zero-order valence-corrected chi connectivity index (χ0v) is 8.75. The predicted octanol–water partition coefficient (Wildman–Crippen LogP) is 0.0156. The molecule has 1 aliphatic rings. The second-order valence-electron chi connectivity index (χ2n) is 3.87. The Labute approximate surface area is 85.1 Å². The lowest BCUT2D eigenvalue weighted by Crippen LogP contribution is -2.36. The number of carbonyl (C=O) groups excluding carboxylic acids is 1. The van der Waals surface area contributed by atoms with Crippen LogP contribution >= 0.6 is 0 Å². The van der Waals surface area contributed by atoms with Crippen molar-refractivity contribution in [2.75, 3.05) is 13.1 Å². The first-order chi connectivity index (χ1) is 6.72. The van der Waals surface area contributed by atoms with E-state index in [1.807, 2.05) is 6.92 Å². The molecule has 1 unspecified atom stereocenters. The summed E-state index contributed by atoms with van der Waals surface area (Å²) < 4.78 is 0. The third kappa shape index (κ3) is 5.19. The van der Waals surface area contributed by atoms with Gasteiger partial charge in [0.25, 0.3) is 0 Å². The van der Waals surface area contributed by atoms with E-state index in [0.717, 1.165) is 19.3 Å². The highest BCUT2D eigenvalue weighted by molar-refractivity contribution is 5.78. The van der Waals surface area contributed by atoms with Crippen molar-refractivity contribution in [2.45, 2.75) is 44.8 Å². The summed E-state index contributed by atoms with van der Waals surface area (Å²) in [5.41, 5.74) is 0. The first kappa shape index (κ1) is 11.5. The Hall–Kier alpha value is -0.610. The van der Waals surface area contributed by atoms with Gasteiger partial charge < -0.3 is 15.7 Å². The van der Waals surface area contributed by atoms with Crippen LogP contribution in [0.25, 0.3) is 0 Å². The minimum atomic E-state index is -0.242. The first-order valence-corrected chi connectivity index (χ1v) is 5.40. The van der Waals surface area contributed by atoms with Crippen LogP contribution in [0.15, 0.2) is 0 Å². The molecule has 0 aromatic carbocycles. The molecule has 3 N–H and O–H groups in total. The standard InChI is InChI=1S/C10H20N2O2/c1-2-9(13)5-6-11-7-10(14)12-8-3-4-8/h8-9,11,13H,2-7H2,1H3,(H,12,14). The zero-order valence-electron chi connectivity index (χ0n) is 8.75. The van der Waals surface area contributed by atoms with Gasteiger partial charge in [-0.3, -0.25) is 4.79 Å². The van der Waals surface area contributed by atoms with Gasteiger partial charge >= 0.3 is 0 Å². The maximum absolute atomic E-state index is 11.2. The van der Waals surface area contributed by atoms with Gasteiger partial charge in [-0.05, 0) is 32.2 Å². The fourth-order valence-corrected chi connectivity index (χ4v) is 1.18. The Kier molecular flexibility index (Phi) is 4.90. The molecule has 0 heterocycles. The number of hydrogen-bond donors (Lipinski definition) is 3. The van der Waals surface area contributed by atoms with Gasteiger partial charge in [0.2, 0.25) is 5.91 Å². The Bertz CT molecular complexity index is 181. The summed E-state index contributed by atoms with van der Waals surface area (Å²) in [5, 5.41) is 15.1. The van der Waals surface area contributed by atoms with Crippen LogP contribution in [-0.2, 0) is 4.79 Å². The van der Waals surface area contributed by atoms with Gasteiger partial charge in [0.15, 0.2) is 0 Å². The molecular weight excluding hydrogens is 180 g/mol. The van der Waals surface area contributed by atoms with E-state index in [4.69, 9.17) is 0 Å². The van der Waals surface area contributed by atoms with E-state index >= 15 is 0 Å². The van der Waals surface area contributed by atoms with Crippen molar-refractivity contribution in [3.8, 4) is 0 Å². The largest absolute Gasteiger partial charge is 0.393 e. The normalized spacial score (nSPS) is 17.9. The number of aliphatic hydroxyl groups is 1. The number of amides is 1. The average Bonchev–Trinajstić information content (AvgIpc) is 2.95. The molecule has 0 aromatic rings. The summed E-state index contributed by atoms with van der Waals surface area (Å²) in [6.07, 6.45) is 3.50. The van der Waals surface area contributed by atoms with Gasteiger partial charge in [0, 0.05) is 6.04 Å². The molecule has 0 spiro atoms. The topological polar surface area (TPSA) is 61.4 Å². The maximum Gasteiger partial charge on any atom is 0.234 e. The van der Waals surface area contributed by atoms with Crippen LogP contribution in [-0.4, -0.2) is 36.2 Å². The van der Waals surface area contributed by atoms with Crippen molar-refractivity contribution < 1.29 is 9.90 Å². The third-order valence-electron chi connectivity index (χ3n) is 2.35. The van der Waals surface area contributed by atoms with Crippen LogP contribution in [0.4, 0.5) is 0 Å². The fourth-order valence-electron chi connectivity index (χ4n) is 1.18. The van der Waals surface area contributed by atoms with E-state index in [2.05, 4.69) is 10.6 Å². The van der Waals surface area contributed by atoms with E-state index in [0.29, 0.717) is 25.6 Å². The number of rotatable bonds is 7. The number of carbonyl (C=O) groups is 1. The Balaban J connectivity index is 1.89. The third-order valence-corrected chi connectivity index (χ3v) is 2.35. The molecule has 0 radical (unpaired) electrons. The van der Waals surface area contributed by atoms with Crippen molar-refractivity contribution >= 4 is 5.91 Å². The second kappa shape index (κ2) is 5.98. The van der Waals surface area contributed by atoms with Crippen LogP contribution < -0.4 is 10.6 Å². The molecule has 0 bridgehead atoms. The van der Waals surface area contributed by atoms with Crippen molar-refractivity contribution in [3.63, 3.8) is 0 Å². The molecule has 4 heteroatoms. The molecule has 1 amide bonds. The van der Waals surface area contributed by atoms with E-state index < -0.39 is 0 Å². The molecule has 14 heavy (non-hydrogen) atoms. The van der Waals surface area contributed by atoms with Gasteiger partial charge in [-0.1, -0.05) is 6.92 Å². The predicted molar refractivity (Wildman–Crippen MR) is 54.9 cm³/mol. The van der Waals surface area contributed by atoms with Crippen molar-refractivity contribution in [3.05, 3.63) is 0 Å². The average molecular weight is 200 g/mol. The van der Waals surface area contributed by atoms with Crippen molar-refractivity contribution in [1.29, 1.82) is 0 Å². The molecule has 1 atom stereocenters. The van der Waals surface area contributed by atoms with Crippen LogP contribution in [0.2, 0.25) is 0 Å². The van der Waals surface area contributed by atoms with E-state index in [1.54, 1.807) is 0 Å². The van der Waals surface area contributed by atoms with Gasteiger partial charge in [-0.15, -0.1) is 0 Å². The SMILES string of the molecule is CCC(O)CCNCC(=O)NC1CC1. The number of hydrogen-bond acceptors (Lipinski definition) is 3. The van der Waals surface area contributed by atoms with Crippen LogP contribution in [0, 0.1) is 0 Å². The quantitative estimate of drug-likeness (QED) is 0.508. The first-order valence-electron chi connectivity index (χ1n) is 5.40. The lowest BCUT2D eigenvalue weighted by Gasteiger charge is -2.08. The lowest BCUT2D eigenvalue weighted by atomic mass is 10.2. The highest BCUT2D eigenvalue weighted by Gasteiger charge is 2.22. The molecular formula is C10H20N2O2. The van der Waals surface area contributed by atoms with Gasteiger partial charge in [-0.2, -0.15) is 0 Å². The summed E-state index contributed by atoms with van der Waals surface area (Å²) in [7, 11) is 0. The highest BCUT2D eigenvalue weighted by Crippen LogP contribution is 2.18. The monoisotopic (exact) mass is 200 g/mol. The maximum atomic E-state index is 11.2. The molecule has 1 saturated carbocycles. The fraction of sp³-hybridized carbons (Fsp3) is 0.900. The van der Waals surface area contributed by atoms with Gasteiger partial charge in [-0.25, -0.2) is 0 Å². The molecule has 1 fully saturated rings. The Morgan fingerprint density at radius 2 is 2.29 bits per heavy atom. The smallest absolute Gasteiger partial charge is 0.234 e. The Morgan fingerprint density at radius 3 is 2.86 bits per heavy atom. The van der Waals surface area contributed by atoms with E-state index in [-0.39, 0.29) is 12.0 Å². The second-order valence-corrected chi connectivity index (χ2v) is 3.87. The molecule has 0 saturated heterocycles. The summed E-state index contributed by atoms with van der Waals surface area (Å²) in [6, 6.07) is 0.436. The van der Waals surface area contributed by atoms with Gasteiger partial charge in [0.1, 0.15) is 0 Å². The summed E-state index contributed by atoms with van der Waals surface area (Å²) in [5.74, 6) is 0.0680. The van der Waals surface area contributed by atoms with Crippen LogP contribution in [0.3, 0.4) is 0 Å². The molecule has 0 aliphatic heterocycles. The molecule has 0 aromatic heterocycles. The number of nitrogens with one attached hydrogen (secondary N) is 2. The molecule has 4 nitrogen and oxygen atoms in total. The van der Waals surface area contributed by atoms with Gasteiger partial charge in [0.05, 0.1) is 12.6 Å². The summed E-state index contributed by atoms with van der Waals surface area (Å²) in [4.78, 5) is 11.2. The lowest BCUT2D eigenvalue weighted by molar-refractivity contribution is -0.120. The van der Waals surface area contributed by atoms with Crippen molar-refractivity contribution in [2.24, 2.45) is 0 Å². The summed E-state index contributed by atoms with van der Waals surface area (Å²) in [6.45, 7) is 3.02. The van der Waals surface area contributed by atoms with Crippen LogP contribution in [0.5, 0.6) is 0 Å². The zero-order chi connectivity index (χ0) is 10.4. The Morgan fingerprint density at radius 1 is 1.57 bits per heavy atom. The molecule has 1 rings (SSSR count). The highest BCUT2D eigenvalue weighted by atomic mass is 16.3. The van der Waals surface area contributed by atoms with E-state index in [1.165, 1.54) is 0 Å². The van der Waals surface area contributed by atoms with E-state index in [9.17, 15) is 9.90 Å². The molecule has 82 valence electrons. The minimum Gasteiger partial charge on any atom is -0.393 e. The van der Waals surface area contributed by atoms with Crippen molar-refractivity contribution in [1.82, 2.24) is 10.6 Å².